The van der Waals surface area contributed by atoms with Crippen LogP contribution in [0.5, 0.6) is 0 Å². The molecule has 0 radical (unpaired) electrons. The van der Waals surface area contributed by atoms with E-state index in [4.69, 9.17) is 4.74 Å². The van der Waals surface area contributed by atoms with E-state index in [0.29, 0.717) is 18.5 Å². The number of H-pyrrole nitrogens is 1. The van der Waals surface area contributed by atoms with Crippen LogP contribution in [0.15, 0.2) is 4.79 Å². The quantitative estimate of drug-likeness (QED) is 0.496. The number of aryl methyl sites for hydroxylation is 1. The van der Waals surface area contributed by atoms with E-state index in [2.05, 4.69) is 20.6 Å². The summed E-state index contributed by atoms with van der Waals surface area (Å²) in [5.41, 5.74) is -0.241. The number of carbonyl (C=O) groups excluding carboxylic acids is 3. The summed E-state index contributed by atoms with van der Waals surface area (Å²) in [5.74, 6) is -1.66. The van der Waals surface area contributed by atoms with Crippen molar-refractivity contribution in [2.45, 2.75) is 98.8 Å². The Morgan fingerprint density at radius 3 is 2.12 bits per heavy atom. The van der Waals surface area contributed by atoms with Gasteiger partial charge < -0.3 is 20.4 Å². The van der Waals surface area contributed by atoms with Crippen molar-refractivity contribution >= 4 is 17.8 Å². The van der Waals surface area contributed by atoms with Crippen molar-refractivity contribution in [1.29, 1.82) is 0 Å². The zero-order valence-electron chi connectivity index (χ0n) is 20.7. The third-order valence-corrected chi connectivity index (χ3v) is 4.58. The Labute approximate surface area is 190 Å². The van der Waals surface area contributed by atoms with Gasteiger partial charge in [-0.25, -0.2) is 9.78 Å². The van der Waals surface area contributed by atoms with Crippen LogP contribution in [0, 0.1) is 5.92 Å². The molecule has 0 aromatic carbocycles. The molecule has 9 heteroatoms. The Balaban J connectivity index is 3.11. The van der Waals surface area contributed by atoms with Gasteiger partial charge in [-0.2, -0.15) is 0 Å². The molecule has 0 spiro atoms. The molecule has 1 heterocycles. The molecular weight excluding hydrogens is 412 g/mol. The predicted octanol–water partition coefficient (Wildman–Crippen LogP) is 2.45. The van der Waals surface area contributed by atoms with Gasteiger partial charge in [0.25, 0.3) is 11.5 Å². The van der Waals surface area contributed by atoms with Crippen molar-refractivity contribution in [3.63, 3.8) is 0 Å². The average molecular weight is 451 g/mol. The minimum atomic E-state index is -0.881. The van der Waals surface area contributed by atoms with Gasteiger partial charge >= 0.3 is 5.97 Å². The molecule has 0 aliphatic carbocycles. The standard InChI is InChI=1S/C23H38N4O5/c1-10-15-18(27-17(13(4)5)20(29)25-15)21(30)26-16(11-12(2)3)19(28)24-14(6)22(31)32-23(7,8)9/h12-14,16H,10-11H2,1-9H3,(H,24,28)(H,25,29)(H,26,30)/t14-,16+/m0/s1. The van der Waals surface area contributed by atoms with Crippen LogP contribution < -0.4 is 16.2 Å². The van der Waals surface area contributed by atoms with Crippen LogP contribution in [0.1, 0.15) is 96.5 Å². The van der Waals surface area contributed by atoms with Crippen molar-refractivity contribution < 1.29 is 19.1 Å². The number of amides is 2. The van der Waals surface area contributed by atoms with Crippen molar-refractivity contribution in [2.75, 3.05) is 0 Å². The Morgan fingerprint density at radius 2 is 1.66 bits per heavy atom. The smallest absolute Gasteiger partial charge is 0.328 e. The number of aromatic nitrogens is 2. The van der Waals surface area contributed by atoms with Gasteiger partial charge in [-0.3, -0.25) is 14.4 Å². The van der Waals surface area contributed by atoms with Crippen LogP contribution in [-0.4, -0.2) is 45.4 Å². The van der Waals surface area contributed by atoms with Crippen molar-refractivity contribution in [3.8, 4) is 0 Å². The maximum Gasteiger partial charge on any atom is 0.328 e. The average Bonchev–Trinajstić information content (AvgIpc) is 2.64. The number of hydrogen-bond donors (Lipinski definition) is 3. The number of rotatable bonds is 9. The molecule has 2 atom stereocenters. The first-order chi connectivity index (χ1) is 14.7. The van der Waals surface area contributed by atoms with E-state index < -0.39 is 35.5 Å². The molecule has 1 rings (SSSR count). The summed E-state index contributed by atoms with van der Waals surface area (Å²) >= 11 is 0. The third kappa shape index (κ3) is 8.09. The highest BCUT2D eigenvalue weighted by molar-refractivity contribution is 5.97. The maximum absolute atomic E-state index is 13.0. The minimum absolute atomic E-state index is 0.0950. The highest BCUT2D eigenvalue weighted by Gasteiger charge is 2.29. The molecule has 0 saturated heterocycles. The summed E-state index contributed by atoms with van der Waals surface area (Å²) in [6, 6.07) is -1.76. The molecule has 0 unspecified atom stereocenters. The summed E-state index contributed by atoms with van der Waals surface area (Å²) in [6.45, 7) is 16.1. The Bertz CT molecular complexity index is 883. The summed E-state index contributed by atoms with van der Waals surface area (Å²) in [4.78, 5) is 57.4. The molecule has 1 aromatic rings. The van der Waals surface area contributed by atoms with E-state index in [-0.39, 0.29) is 28.8 Å². The second-order valence-corrected chi connectivity index (χ2v) is 9.71. The number of nitrogens with zero attached hydrogens (tertiary/aromatic N) is 1. The van der Waals surface area contributed by atoms with Crippen LogP contribution in [0.3, 0.4) is 0 Å². The van der Waals surface area contributed by atoms with Crippen LogP contribution >= 0.6 is 0 Å². The van der Waals surface area contributed by atoms with Gasteiger partial charge in [0.1, 0.15) is 29.1 Å². The van der Waals surface area contributed by atoms with E-state index in [1.807, 2.05) is 27.7 Å². The zero-order valence-corrected chi connectivity index (χ0v) is 20.7. The van der Waals surface area contributed by atoms with Crippen LogP contribution in [0.25, 0.3) is 0 Å². The van der Waals surface area contributed by atoms with E-state index >= 15 is 0 Å². The van der Waals surface area contributed by atoms with E-state index in [9.17, 15) is 19.2 Å². The molecule has 180 valence electrons. The summed E-state index contributed by atoms with van der Waals surface area (Å²) in [6.07, 6.45) is 0.764. The van der Waals surface area contributed by atoms with Gasteiger partial charge in [-0.05, 0) is 46.5 Å². The normalized spacial score (nSPS) is 13.6. The lowest BCUT2D eigenvalue weighted by Gasteiger charge is -2.25. The molecule has 0 saturated carbocycles. The van der Waals surface area contributed by atoms with Crippen LogP contribution in [0.2, 0.25) is 0 Å². The van der Waals surface area contributed by atoms with Gasteiger partial charge in [0, 0.05) is 11.6 Å². The highest BCUT2D eigenvalue weighted by atomic mass is 16.6. The molecule has 32 heavy (non-hydrogen) atoms. The van der Waals surface area contributed by atoms with Gasteiger partial charge in [0.2, 0.25) is 5.91 Å². The lowest BCUT2D eigenvalue weighted by atomic mass is 10.0. The Morgan fingerprint density at radius 1 is 1.06 bits per heavy atom. The van der Waals surface area contributed by atoms with Gasteiger partial charge in [0.05, 0.1) is 0 Å². The number of esters is 1. The first kappa shape index (κ1) is 27.3. The molecule has 0 fully saturated rings. The molecule has 1 aromatic heterocycles. The Kier molecular flexibility index (Phi) is 9.60. The van der Waals surface area contributed by atoms with E-state index in [1.165, 1.54) is 6.92 Å². The largest absolute Gasteiger partial charge is 0.458 e. The lowest BCUT2D eigenvalue weighted by Crippen LogP contribution is -2.52. The maximum atomic E-state index is 13.0. The predicted molar refractivity (Wildman–Crippen MR) is 122 cm³/mol. The van der Waals surface area contributed by atoms with Gasteiger partial charge in [-0.15, -0.1) is 0 Å². The molecule has 3 N–H and O–H groups in total. The van der Waals surface area contributed by atoms with E-state index in [0.717, 1.165) is 0 Å². The summed E-state index contributed by atoms with van der Waals surface area (Å²) in [5, 5.41) is 5.36. The van der Waals surface area contributed by atoms with Crippen molar-refractivity contribution in [1.82, 2.24) is 20.6 Å². The molecule has 0 aliphatic rings. The summed E-state index contributed by atoms with van der Waals surface area (Å²) < 4.78 is 5.30. The fourth-order valence-corrected chi connectivity index (χ4v) is 3.03. The second-order valence-electron chi connectivity index (χ2n) is 9.71. The van der Waals surface area contributed by atoms with Gasteiger partial charge in [0.15, 0.2) is 0 Å². The molecule has 2 amide bonds. The number of aromatic amines is 1. The van der Waals surface area contributed by atoms with Crippen LogP contribution in [0.4, 0.5) is 0 Å². The third-order valence-electron chi connectivity index (χ3n) is 4.58. The number of carbonyl (C=O) groups is 3. The lowest BCUT2D eigenvalue weighted by molar-refractivity contribution is -0.158. The van der Waals surface area contributed by atoms with Crippen molar-refractivity contribution in [3.05, 3.63) is 27.4 Å². The Hall–Kier alpha value is -2.71. The van der Waals surface area contributed by atoms with E-state index in [1.54, 1.807) is 27.7 Å². The second kappa shape index (κ2) is 11.2. The molecule has 0 bridgehead atoms. The first-order valence-electron chi connectivity index (χ1n) is 11.1. The first-order valence-corrected chi connectivity index (χ1v) is 11.1. The fraction of sp³-hybridized carbons (Fsp3) is 0.696. The number of hydrogen-bond acceptors (Lipinski definition) is 6. The number of ether oxygens (including phenoxy) is 1. The molecular formula is C23H38N4O5. The van der Waals surface area contributed by atoms with Gasteiger partial charge in [-0.1, -0.05) is 34.6 Å². The van der Waals surface area contributed by atoms with Crippen molar-refractivity contribution in [2.24, 2.45) is 5.92 Å². The zero-order chi connectivity index (χ0) is 24.8. The SMILES string of the molecule is CCc1[nH]c(=O)c(C(C)C)nc1C(=O)N[C@H](CC(C)C)C(=O)N[C@@H](C)C(=O)OC(C)(C)C. The topological polar surface area (TPSA) is 130 Å². The minimum Gasteiger partial charge on any atom is -0.458 e. The summed E-state index contributed by atoms with van der Waals surface area (Å²) in [7, 11) is 0. The molecule has 9 nitrogen and oxygen atoms in total. The number of nitrogens with one attached hydrogen (secondary N) is 3. The fourth-order valence-electron chi connectivity index (χ4n) is 3.03. The molecule has 0 aliphatic heterocycles. The monoisotopic (exact) mass is 450 g/mol. The van der Waals surface area contributed by atoms with Crippen LogP contribution in [-0.2, 0) is 20.7 Å². The highest BCUT2D eigenvalue weighted by Crippen LogP contribution is 2.12.